The first kappa shape index (κ1) is 16.2. The Hall–Kier alpha value is -1.20. The lowest BCUT2D eigenvalue weighted by atomic mass is 9.95. The maximum absolute atomic E-state index is 11.9. The molecule has 1 fully saturated rings. The van der Waals surface area contributed by atoms with Crippen molar-refractivity contribution in [1.29, 1.82) is 0 Å². The van der Waals surface area contributed by atoms with Crippen molar-refractivity contribution in [3.8, 4) is 5.75 Å². The van der Waals surface area contributed by atoms with Gasteiger partial charge < -0.3 is 15.2 Å². The average molecular weight is 309 g/mol. The summed E-state index contributed by atoms with van der Waals surface area (Å²) in [4.78, 5) is 12.9. The van der Waals surface area contributed by atoms with Gasteiger partial charge in [0.05, 0.1) is 7.11 Å². The number of benzene rings is 1. The van der Waals surface area contributed by atoms with Crippen LogP contribution in [0.3, 0.4) is 0 Å². The molecular weight excluding hydrogens is 286 g/mol. The molecule has 1 aromatic carbocycles. The number of hydrogen-bond donors (Lipinski definition) is 2. The molecule has 2 rings (SSSR count). The fraction of sp³-hybridized carbons (Fsp3) is 0.562. The molecule has 1 aromatic rings. The largest absolute Gasteiger partial charge is 0.496 e. The van der Waals surface area contributed by atoms with Crippen LogP contribution < -0.4 is 10.1 Å². The van der Waals surface area contributed by atoms with Gasteiger partial charge in [0.1, 0.15) is 11.3 Å². The Morgan fingerprint density at radius 2 is 2.19 bits per heavy atom. The molecule has 0 aromatic heterocycles. The molecule has 0 saturated heterocycles. The Labute approximate surface area is 130 Å². The average Bonchev–Trinajstić information content (AvgIpc) is 3.33. The number of carboxylic acids is 1. The van der Waals surface area contributed by atoms with Crippen LogP contribution in [0.25, 0.3) is 0 Å². The van der Waals surface area contributed by atoms with E-state index in [4.69, 9.17) is 4.74 Å². The molecule has 4 nitrogen and oxygen atoms in total. The van der Waals surface area contributed by atoms with Crippen LogP contribution >= 0.6 is 11.8 Å². The summed E-state index contributed by atoms with van der Waals surface area (Å²) in [5.74, 6) is 0.825. The van der Waals surface area contributed by atoms with E-state index in [2.05, 4.69) is 12.2 Å². The molecule has 0 heterocycles. The van der Waals surface area contributed by atoms with Gasteiger partial charge in [0, 0.05) is 10.6 Å². The molecule has 2 N–H and O–H groups in total. The lowest BCUT2D eigenvalue weighted by Gasteiger charge is -2.30. The van der Waals surface area contributed by atoms with Gasteiger partial charge in [0.2, 0.25) is 0 Å². The van der Waals surface area contributed by atoms with Crippen molar-refractivity contribution in [2.75, 3.05) is 19.4 Å². The zero-order valence-corrected chi connectivity index (χ0v) is 13.4. The van der Waals surface area contributed by atoms with Crippen LogP contribution in [0.4, 0.5) is 0 Å². The summed E-state index contributed by atoms with van der Waals surface area (Å²) < 4.78 is 5.34. The number of ether oxygens (including phenoxy) is 1. The standard InChI is InChI=1S/C16H23NO3S/c1-3-10-17-16(15(18)19,12-8-9-12)11-21-14-7-5-4-6-13(14)20-2/h4-7,12,17H,3,8-11H2,1-2H3,(H,18,19). The maximum Gasteiger partial charge on any atom is 0.325 e. The number of aliphatic carboxylic acids is 1. The molecular formula is C16H23NO3S. The summed E-state index contributed by atoms with van der Waals surface area (Å²) in [6.07, 6.45) is 2.92. The minimum atomic E-state index is -0.818. The number of carbonyl (C=O) groups is 1. The number of nitrogens with one attached hydrogen (secondary N) is 1. The van der Waals surface area contributed by atoms with Crippen LogP contribution in [0, 0.1) is 5.92 Å². The van der Waals surface area contributed by atoms with Gasteiger partial charge in [0.15, 0.2) is 0 Å². The number of rotatable bonds is 9. The normalized spacial score (nSPS) is 17.2. The van der Waals surface area contributed by atoms with Gasteiger partial charge in [-0.3, -0.25) is 4.79 Å². The van der Waals surface area contributed by atoms with E-state index in [-0.39, 0.29) is 5.92 Å². The summed E-state index contributed by atoms with van der Waals surface area (Å²) in [6.45, 7) is 2.79. The SMILES string of the molecule is CCCNC(CSc1ccccc1OC)(C(=O)O)C1CC1. The Morgan fingerprint density at radius 1 is 1.48 bits per heavy atom. The van der Waals surface area contributed by atoms with Crippen molar-refractivity contribution < 1.29 is 14.6 Å². The van der Waals surface area contributed by atoms with Gasteiger partial charge in [-0.1, -0.05) is 19.1 Å². The highest BCUT2D eigenvalue weighted by molar-refractivity contribution is 7.99. The van der Waals surface area contributed by atoms with Gasteiger partial charge in [-0.2, -0.15) is 0 Å². The zero-order valence-electron chi connectivity index (χ0n) is 12.6. The molecule has 1 aliphatic carbocycles. The van der Waals surface area contributed by atoms with E-state index >= 15 is 0 Å². The molecule has 1 unspecified atom stereocenters. The second kappa shape index (κ2) is 7.18. The van der Waals surface area contributed by atoms with Crippen molar-refractivity contribution in [3.05, 3.63) is 24.3 Å². The summed E-state index contributed by atoms with van der Waals surface area (Å²) >= 11 is 1.56. The van der Waals surface area contributed by atoms with E-state index in [1.165, 1.54) is 0 Å². The van der Waals surface area contributed by atoms with Crippen LogP contribution in [0.15, 0.2) is 29.2 Å². The summed E-state index contributed by atoms with van der Waals surface area (Å²) in [7, 11) is 1.64. The van der Waals surface area contributed by atoms with Gasteiger partial charge in [-0.25, -0.2) is 0 Å². The van der Waals surface area contributed by atoms with E-state index in [0.717, 1.165) is 36.5 Å². The number of methoxy groups -OCH3 is 1. The molecule has 5 heteroatoms. The van der Waals surface area contributed by atoms with E-state index in [1.807, 2.05) is 24.3 Å². The Morgan fingerprint density at radius 3 is 2.76 bits per heavy atom. The van der Waals surface area contributed by atoms with Crippen molar-refractivity contribution in [1.82, 2.24) is 5.32 Å². The fourth-order valence-corrected chi connectivity index (χ4v) is 3.79. The minimum Gasteiger partial charge on any atom is -0.496 e. The number of carboxylic acid groups (broad SMARTS) is 1. The highest BCUT2D eigenvalue weighted by Crippen LogP contribution is 2.43. The van der Waals surface area contributed by atoms with Crippen LogP contribution in [0.1, 0.15) is 26.2 Å². The molecule has 0 aliphatic heterocycles. The van der Waals surface area contributed by atoms with E-state index in [9.17, 15) is 9.90 Å². The monoisotopic (exact) mass is 309 g/mol. The quantitative estimate of drug-likeness (QED) is 0.687. The van der Waals surface area contributed by atoms with Crippen molar-refractivity contribution in [3.63, 3.8) is 0 Å². The summed E-state index contributed by atoms with van der Waals surface area (Å²) in [5.41, 5.74) is -0.818. The van der Waals surface area contributed by atoms with Crippen LogP contribution in [0.2, 0.25) is 0 Å². The second-order valence-corrected chi connectivity index (χ2v) is 6.43. The minimum absolute atomic E-state index is 0.240. The van der Waals surface area contributed by atoms with E-state index in [1.54, 1.807) is 18.9 Å². The number of para-hydroxylation sites is 1. The molecule has 0 radical (unpaired) electrons. The molecule has 21 heavy (non-hydrogen) atoms. The summed E-state index contributed by atoms with van der Waals surface area (Å²) in [6, 6.07) is 7.75. The Balaban J connectivity index is 2.13. The Bertz CT molecular complexity index is 490. The van der Waals surface area contributed by atoms with Gasteiger partial charge in [-0.05, 0) is 43.9 Å². The third-order valence-electron chi connectivity index (χ3n) is 3.87. The van der Waals surface area contributed by atoms with Gasteiger partial charge in [-0.15, -0.1) is 11.8 Å². The summed E-state index contributed by atoms with van der Waals surface area (Å²) in [5, 5.41) is 13.0. The smallest absolute Gasteiger partial charge is 0.325 e. The predicted molar refractivity (Wildman–Crippen MR) is 85.1 cm³/mol. The third-order valence-corrected chi connectivity index (χ3v) is 5.12. The highest BCUT2D eigenvalue weighted by Gasteiger charge is 2.50. The van der Waals surface area contributed by atoms with Gasteiger partial charge in [0.25, 0.3) is 0 Å². The Kier molecular flexibility index (Phi) is 5.53. The second-order valence-electron chi connectivity index (χ2n) is 5.42. The molecule has 0 bridgehead atoms. The molecule has 0 amide bonds. The predicted octanol–water partition coefficient (Wildman–Crippen LogP) is 3.02. The first-order chi connectivity index (χ1) is 10.1. The van der Waals surface area contributed by atoms with Crippen molar-refractivity contribution in [2.24, 2.45) is 5.92 Å². The van der Waals surface area contributed by atoms with E-state index in [0.29, 0.717) is 5.75 Å². The fourth-order valence-electron chi connectivity index (χ4n) is 2.48. The number of thioether (sulfide) groups is 1. The lowest BCUT2D eigenvalue weighted by molar-refractivity contribution is -0.144. The molecule has 1 atom stereocenters. The highest BCUT2D eigenvalue weighted by atomic mass is 32.2. The number of hydrogen-bond acceptors (Lipinski definition) is 4. The topological polar surface area (TPSA) is 58.6 Å². The van der Waals surface area contributed by atoms with Crippen LogP contribution in [-0.2, 0) is 4.79 Å². The maximum atomic E-state index is 11.9. The lowest BCUT2D eigenvalue weighted by Crippen LogP contribution is -2.56. The molecule has 0 spiro atoms. The van der Waals surface area contributed by atoms with Crippen LogP contribution in [-0.4, -0.2) is 36.0 Å². The van der Waals surface area contributed by atoms with Gasteiger partial charge >= 0.3 is 5.97 Å². The first-order valence-corrected chi connectivity index (χ1v) is 8.37. The molecule has 116 valence electrons. The van der Waals surface area contributed by atoms with Crippen molar-refractivity contribution >= 4 is 17.7 Å². The van der Waals surface area contributed by atoms with Crippen LogP contribution in [0.5, 0.6) is 5.75 Å². The van der Waals surface area contributed by atoms with E-state index < -0.39 is 11.5 Å². The zero-order chi connectivity index (χ0) is 15.3. The molecule has 1 aliphatic rings. The first-order valence-electron chi connectivity index (χ1n) is 7.38. The third kappa shape index (κ3) is 3.71. The molecule has 1 saturated carbocycles. The van der Waals surface area contributed by atoms with Crippen molar-refractivity contribution in [2.45, 2.75) is 36.6 Å².